The van der Waals surface area contributed by atoms with Gasteiger partial charge in [-0.25, -0.2) is 9.78 Å². The van der Waals surface area contributed by atoms with E-state index >= 15 is 0 Å². The van der Waals surface area contributed by atoms with Crippen molar-refractivity contribution in [2.45, 2.75) is 13.8 Å². The van der Waals surface area contributed by atoms with Gasteiger partial charge in [0.2, 0.25) is 0 Å². The fourth-order valence-electron chi connectivity index (χ4n) is 1.56. The van der Waals surface area contributed by atoms with Crippen LogP contribution in [0.25, 0.3) is 10.6 Å². The summed E-state index contributed by atoms with van der Waals surface area (Å²) >= 11 is 1.33. The van der Waals surface area contributed by atoms with Crippen molar-refractivity contribution < 1.29 is 14.3 Å². The highest BCUT2D eigenvalue weighted by Gasteiger charge is 2.12. The van der Waals surface area contributed by atoms with Gasteiger partial charge >= 0.3 is 5.97 Å². The summed E-state index contributed by atoms with van der Waals surface area (Å²) in [7, 11) is 0. The molecule has 0 aliphatic heterocycles. The summed E-state index contributed by atoms with van der Waals surface area (Å²) < 4.78 is 10.3. The Balaban J connectivity index is 2.15. The van der Waals surface area contributed by atoms with Crippen LogP contribution in [-0.4, -0.2) is 24.2 Å². The van der Waals surface area contributed by atoms with Gasteiger partial charge in [0.25, 0.3) is 0 Å². The fourth-order valence-corrected chi connectivity index (χ4v) is 2.38. The summed E-state index contributed by atoms with van der Waals surface area (Å²) in [6.07, 6.45) is 1.55. The highest BCUT2D eigenvalue weighted by atomic mass is 32.1. The van der Waals surface area contributed by atoms with Gasteiger partial charge in [0.05, 0.1) is 19.4 Å². The molecule has 0 atom stereocenters. The van der Waals surface area contributed by atoms with Crippen molar-refractivity contribution in [3.05, 3.63) is 35.3 Å². The number of carbonyl (C=O) groups excluding carboxylic acids is 1. The van der Waals surface area contributed by atoms with Crippen LogP contribution in [0.5, 0.6) is 5.75 Å². The minimum Gasteiger partial charge on any atom is -0.494 e. The number of carbonyl (C=O) groups is 1. The smallest absolute Gasteiger partial charge is 0.349 e. The Bertz CT molecular complexity index is 548. The molecule has 1 aromatic carbocycles. The zero-order chi connectivity index (χ0) is 13.7. The first-order valence-electron chi connectivity index (χ1n) is 6.10. The Morgan fingerprint density at radius 2 is 1.95 bits per heavy atom. The number of aromatic nitrogens is 1. The summed E-state index contributed by atoms with van der Waals surface area (Å²) in [5.41, 5.74) is 0.962. The second-order valence-electron chi connectivity index (χ2n) is 3.71. The SMILES string of the molecule is CCOC(=O)c1cnc(-c2ccc(OCC)cc2)s1. The average Bonchev–Trinajstić information content (AvgIpc) is 2.90. The Kier molecular flexibility index (Phi) is 4.52. The topological polar surface area (TPSA) is 48.4 Å². The number of rotatable bonds is 5. The van der Waals surface area contributed by atoms with Crippen molar-refractivity contribution >= 4 is 17.3 Å². The lowest BCUT2D eigenvalue weighted by Crippen LogP contribution is -2.01. The first-order chi connectivity index (χ1) is 9.24. The summed E-state index contributed by atoms with van der Waals surface area (Å²) in [5.74, 6) is 0.505. The molecule has 0 bridgehead atoms. The van der Waals surface area contributed by atoms with Crippen LogP contribution < -0.4 is 4.74 Å². The quantitative estimate of drug-likeness (QED) is 0.786. The number of benzene rings is 1. The van der Waals surface area contributed by atoms with E-state index in [1.807, 2.05) is 31.2 Å². The second-order valence-corrected chi connectivity index (χ2v) is 4.74. The molecule has 0 N–H and O–H groups in total. The molecule has 0 unspecified atom stereocenters. The van der Waals surface area contributed by atoms with Crippen LogP contribution in [0.1, 0.15) is 23.5 Å². The number of hydrogen-bond donors (Lipinski definition) is 0. The van der Waals surface area contributed by atoms with Crippen molar-refractivity contribution in [2.24, 2.45) is 0 Å². The summed E-state index contributed by atoms with van der Waals surface area (Å²) in [4.78, 5) is 16.3. The zero-order valence-corrected chi connectivity index (χ0v) is 11.7. The van der Waals surface area contributed by atoms with Gasteiger partial charge in [0.15, 0.2) is 0 Å². The predicted octanol–water partition coefficient (Wildman–Crippen LogP) is 3.39. The molecule has 4 nitrogen and oxygen atoms in total. The maximum Gasteiger partial charge on any atom is 0.349 e. The minimum atomic E-state index is -0.322. The lowest BCUT2D eigenvalue weighted by molar-refractivity contribution is 0.0532. The molecule has 0 amide bonds. The molecule has 0 saturated heterocycles. The third-order valence-electron chi connectivity index (χ3n) is 2.39. The van der Waals surface area contributed by atoms with Crippen LogP contribution in [0.3, 0.4) is 0 Å². The van der Waals surface area contributed by atoms with Gasteiger partial charge in [-0.05, 0) is 38.1 Å². The number of ether oxygens (including phenoxy) is 2. The maximum absolute atomic E-state index is 11.6. The number of hydrogen-bond acceptors (Lipinski definition) is 5. The molecule has 0 radical (unpaired) electrons. The molecular formula is C14H15NO3S. The van der Waals surface area contributed by atoms with E-state index in [0.717, 1.165) is 16.3 Å². The van der Waals surface area contributed by atoms with Gasteiger partial charge < -0.3 is 9.47 Å². The lowest BCUT2D eigenvalue weighted by Gasteiger charge is -2.02. The van der Waals surface area contributed by atoms with Crippen LogP contribution in [0, 0.1) is 0 Å². The van der Waals surface area contributed by atoms with Gasteiger partial charge in [-0.1, -0.05) is 0 Å². The van der Waals surface area contributed by atoms with Crippen LogP contribution in [0.4, 0.5) is 0 Å². The monoisotopic (exact) mass is 277 g/mol. The second kappa shape index (κ2) is 6.33. The van der Waals surface area contributed by atoms with Crippen molar-refractivity contribution in [1.29, 1.82) is 0 Å². The highest BCUT2D eigenvalue weighted by molar-refractivity contribution is 7.16. The molecule has 1 heterocycles. The number of nitrogens with zero attached hydrogens (tertiary/aromatic N) is 1. The first kappa shape index (κ1) is 13.5. The zero-order valence-electron chi connectivity index (χ0n) is 10.9. The van der Waals surface area contributed by atoms with E-state index in [4.69, 9.17) is 9.47 Å². The van der Waals surface area contributed by atoms with Crippen molar-refractivity contribution in [2.75, 3.05) is 13.2 Å². The Morgan fingerprint density at radius 3 is 2.58 bits per heavy atom. The molecule has 19 heavy (non-hydrogen) atoms. The molecular weight excluding hydrogens is 262 g/mol. The first-order valence-corrected chi connectivity index (χ1v) is 6.92. The largest absolute Gasteiger partial charge is 0.494 e. The molecule has 1 aromatic heterocycles. The normalized spacial score (nSPS) is 10.2. The Labute approximate surface area is 116 Å². The third kappa shape index (κ3) is 3.32. The molecule has 0 aliphatic carbocycles. The molecule has 2 aromatic rings. The van der Waals surface area contributed by atoms with Gasteiger partial charge in [0.1, 0.15) is 15.6 Å². The fraction of sp³-hybridized carbons (Fsp3) is 0.286. The van der Waals surface area contributed by atoms with Gasteiger partial charge in [-0.15, -0.1) is 11.3 Å². The van der Waals surface area contributed by atoms with E-state index < -0.39 is 0 Å². The van der Waals surface area contributed by atoms with Crippen molar-refractivity contribution in [3.8, 4) is 16.3 Å². The van der Waals surface area contributed by atoms with E-state index in [1.165, 1.54) is 11.3 Å². The Hall–Kier alpha value is -1.88. The van der Waals surface area contributed by atoms with Crippen LogP contribution in [-0.2, 0) is 4.74 Å². The summed E-state index contributed by atoms with van der Waals surface area (Å²) in [6.45, 7) is 4.74. The van der Waals surface area contributed by atoms with Crippen molar-refractivity contribution in [3.63, 3.8) is 0 Å². The Morgan fingerprint density at radius 1 is 1.21 bits per heavy atom. The van der Waals surface area contributed by atoms with Gasteiger partial charge in [0, 0.05) is 5.56 Å². The van der Waals surface area contributed by atoms with E-state index in [0.29, 0.717) is 18.1 Å². The number of thiazole rings is 1. The molecule has 100 valence electrons. The van der Waals surface area contributed by atoms with Crippen LogP contribution in [0.2, 0.25) is 0 Å². The third-order valence-corrected chi connectivity index (χ3v) is 3.42. The summed E-state index contributed by atoms with van der Waals surface area (Å²) in [5, 5.41) is 0.797. The predicted molar refractivity (Wildman–Crippen MR) is 74.7 cm³/mol. The molecule has 0 spiro atoms. The molecule has 0 aliphatic rings. The summed E-state index contributed by atoms with van der Waals surface area (Å²) in [6, 6.07) is 7.64. The van der Waals surface area contributed by atoms with Crippen molar-refractivity contribution in [1.82, 2.24) is 4.98 Å². The maximum atomic E-state index is 11.6. The van der Waals surface area contributed by atoms with E-state index in [-0.39, 0.29) is 5.97 Å². The molecule has 0 fully saturated rings. The van der Waals surface area contributed by atoms with E-state index in [9.17, 15) is 4.79 Å². The number of esters is 1. The average molecular weight is 277 g/mol. The molecule has 2 rings (SSSR count). The van der Waals surface area contributed by atoms with Gasteiger partial charge in [-0.3, -0.25) is 0 Å². The standard InChI is InChI=1S/C14H15NO3S/c1-3-17-11-7-5-10(6-8-11)13-15-9-12(19-13)14(16)18-4-2/h5-9H,3-4H2,1-2H3. The minimum absolute atomic E-state index is 0.322. The highest BCUT2D eigenvalue weighted by Crippen LogP contribution is 2.27. The molecule has 0 saturated carbocycles. The van der Waals surface area contributed by atoms with E-state index in [2.05, 4.69) is 4.98 Å². The van der Waals surface area contributed by atoms with Crippen LogP contribution >= 0.6 is 11.3 Å². The lowest BCUT2D eigenvalue weighted by atomic mass is 10.2. The van der Waals surface area contributed by atoms with E-state index in [1.54, 1.807) is 13.1 Å². The van der Waals surface area contributed by atoms with Gasteiger partial charge in [-0.2, -0.15) is 0 Å². The molecule has 5 heteroatoms. The van der Waals surface area contributed by atoms with Crippen LogP contribution in [0.15, 0.2) is 30.5 Å².